The quantitative estimate of drug-likeness (QED) is 0.405. The Balaban J connectivity index is 3.31. The molecule has 0 aliphatic carbocycles. The molecular weight excluding hydrogens is 166 g/mol. The summed E-state index contributed by atoms with van der Waals surface area (Å²) in [6.07, 6.45) is 1.04. The van der Waals surface area contributed by atoms with Crippen LogP contribution >= 0.6 is 0 Å². The SMILES string of the molecule is Cn1cnc([N+](=O)[O-])c1C(=O)[O-]. The van der Waals surface area contributed by atoms with Crippen molar-refractivity contribution in [3.05, 3.63) is 22.1 Å². The zero-order chi connectivity index (χ0) is 9.30. The van der Waals surface area contributed by atoms with Crippen LogP contribution in [0, 0.1) is 10.1 Å². The zero-order valence-corrected chi connectivity index (χ0v) is 6.05. The third-order valence-electron chi connectivity index (χ3n) is 1.28. The van der Waals surface area contributed by atoms with Crippen molar-refractivity contribution in [3.63, 3.8) is 0 Å². The van der Waals surface area contributed by atoms with Crippen molar-refractivity contribution in [2.24, 2.45) is 7.05 Å². The van der Waals surface area contributed by atoms with Crippen molar-refractivity contribution in [1.82, 2.24) is 9.55 Å². The Bertz CT molecular complexity index is 342. The Morgan fingerprint density at radius 1 is 1.75 bits per heavy atom. The average molecular weight is 170 g/mol. The van der Waals surface area contributed by atoms with Crippen LogP contribution < -0.4 is 5.11 Å². The number of nitrogens with zero attached hydrogens (tertiary/aromatic N) is 3. The largest absolute Gasteiger partial charge is 0.543 e. The third-order valence-corrected chi connectivity index (χ3v) is 1.28. The first-order chi connectivity index (χ1) is 5.54. The van der Waals surface area contributed by atoms with Crippen LogP contribution in [-0.2, 0) is 7.05 Å². The monoisotopic (exact) mass is 170 g/mol. The smallest absolute Gasteiger partial charge is 0.391 e. The molecule has 1 aromatic rings. The molecule has 12 heavy (non-hydrogen) atoms. The van der Waals surface area contributed by atoms with Gasteiger partial charge in [-0.25, -0.2) is 0 Å². The number of rotatable bonds is 2. The van der Waals surface area contributed by atoms with Gasteiger partial charge >= 0.3 is 5.82 Å². The first-order valence-corrected chi connectivity index (χ1v) is 2.91. The molecule has 0 bridgehead atoms. The topological polar surface area (TPSA) is 101 Å². The Labute approximate surface area is 66.4 Å². The standard InChI is InChI=1S/C5H5N3O4/c1-7-2-6-4(8(11)12)3(7)5(9)10/h2H,1H3,(H,9,10)/p-1. The molecule has 1 heterocycles. The highest BCUT2D eigenvalue weighted by Gasteiger charge is 2.20. The molecule has 0 amide bonds. The summed E-state index contributed by atoms with van der Waals surface area (Å²) in [5.41, 5.74) is -0.528. The van der Waals surface area contributed by atoms with Gasteiger partial charge in [0.15, 0.2) is 5.69 Å². The van der Waals surface area contributed by atoms with Gasteiger partial charge in [-0.3, -0.25) is 0 Å². The molecule has 0 saturated heterocycles. The Kier molecular flexibility index (Phi) is 1.78. The fourth-order valence-electron chi connectivity index (χ4n) is 0.787. The van der Waals surface area contributed by atoms with Gasteiger partial charge in [0, 0.05) is 7.05 Å². The lowest BCUT2D eigenvalue weighted by molar-refractivity contribution is -0.390. The summed E-state index contributed by atoms with van der Waals surface area (Å²) >= 11 is 0. The molecule has 1 rings (SSSR count). The summed E-state index contributed by atoms with van der Waals surface area (Å²) in [5, 5.41) is 20.5. The van der Waals surface area contributed by atoms with E-state index >= 15 is 0 Å². The Morgan fingerprint density at radius 2 is 2.33 bits per heavy atom. The molecule has 0 aliphatic heterocycles. The van der Waals surface area contributed by atoms with Crippen LogP contribution in [0.5, 0.6) is 0 Å². The number of hydrogen-bond donors (Lipinski definition) is 0. The Hall–Kier alpha value is -1.92. The molecule has 1 aromatic heterocycles. The average Bonchev–Trinajstić information content (AvgIpc) is 2.30. The van der Waals surface area contributed by atoms with Crippen LogP contribution in [-0.4, -0.2) is 20.4 Å². The van der Waals surface area contributed by atoms with E-state index in [0.29, 0.717) is 0 Å². The molecule has 64 valence electrons. The van der Waals surface area contributed by atoms with Crippen molar-refractivity contribution >= 4 is 11.8 Å². The number of hydrogen-bond acceptors (Lipinski definition) is 5. The molecule has 0 aromatic carbocycles. The highest BCUT2D eigenvalue weighted by atomic mass is 16.6. The van der Waals surface area contributed by atoms with Crippen molar-refractivity contribution in [2.75, 3.05) is 0 Å². The first-order valence-electron chi connectivity index (χ1n) is 2.91. The van der Waals surface area contributed by atoms with Crippen molar-refractivity contribution in [3.8, 4) is 0 Å². The van der Waals surface area contributed by atoms with Gasteiger partial charge in [-0.05, 0) is 9.91 Å². The third kappa shape index (κ3) is 1.11. The van der Waals surface area contributed by atoms with E-state index < -0.39 is 22.4 Å². The number of imidazole rings is 1. The number of aromatic carboxylic acids is 1. The fraction of sp³-hybridized carbons (Fsp3) is 0.200. The molecule has 0 radical (unpaired) electrons. The van der Waals surface area contributed by atoms with E-state index in [1.54, 1.807) is 0 Å². The van der Waals surface area contributed by atoms with Gasteiger partial charge in [0.1, 0.15) is 0 Å². The number of nitro groups is 1. The molecule has 0 unspecified atom stereocenters. The van der Waals surface area contributed by atoms with Crippen molar-refractivity contribution in [2.45, 2.75) is 0 Å². The van der Waals surface area contributed by atoms with Crippen LogP contribution in [0.4, 0.5) is 5.82 Å². The summed E-state index contributed by atoms with van der Waals surface area (Å²) in [6, 6.07) is 0. The summed E-state index contributed by atoms with van der Waals surface area (Å²) in [4.78, 5) is 22.9. The van der Waals surface area contributed by atoms with Gasteiger partial charge in [0.2, 0.25) is 6.33 Å². The predicted octanol–water partition coefficient (Wildman–Crippen LogP) is -1.31. The second-order valence-electron chi connectivity index (χ2n) is 2.07. The van der Waals surface area contributed by atoms with Gasteiger partial charge in [0.05, 0.1) is 5.97 Å². The minimum Gasteiger partial charge on any atom is -0.543 e. The number of carboxylic acid groups (broad SMARTS) is 1. The van der Waals surface area contributed by atoms with E-state index in [1.165, 1.54) is 7.05 Å². The van der Waals surface area contributed by atoms with Crippen molar-refractivity contribution in [1.29, 1.82) is 0 Å². The lowest BCUT2D eigenvalue weighted by Crippen LogP contribution is -2.25. The summed E-state index contributed by atoms with van der Waals surface area (Å²) in [6.45, 7) is 0. The van der Waals surface area contributed by atoms with Crippen LogP contribution in [0.3, 0.4) is 0 Å². The number of aromatic nitrogens is 2. The van der Waals surface area contributed by atoms with Gasteiger partial charge in [-0.15, -0.1) is 0 Å². The molecule has 0 aliphatic rings. The fourth-order valence-corrected chi connectivity index (χ4v) is 0.787. The van der Waals surface area contributed by atoms with E-state index in [4.69, 9.17) is 0 Å². The highest BCUT2D eigenvalue weighted by molar-refractivity contribution is 5.87. The van der Waals surface area contributed by atoms with Gasteiger partial charge in [0.25, 0.3) is 0 Å². The molecule has 0 spiro atoms. The molecule has 0 atom stereocenters. The molecule has 0 saturated carbocycles. The van der Waals surface area contributed by atoms with Crippen LogP contribution in [0.2, 0.25) is 0 Å². The molecule has 7 heteroatoms. The van der Waals surface area contributed by atoms with E-state index in [1.807, 2.05) is 0 Å². The lowest BCUT2D eigenvalue weighted by atomic mass is 10.4. The maximum absolute atomic E-state index is 10.3. The van der Waals surface area contributed by atoms with Crippen LogP contribution in [0.15, 0.2) is 6.33 Å². The van der Waals surface area contributed by atoms with E-state index in [9.17, 15) is 20.0 Å². The van der Waals surface area contributed by atoms with Crippen molar-refractivity contribution < 1.29 is 14.8 Å². The second-order valence-corrected chi connectivity index (χ2v) is 2.07. The lowest BCUT2D eigenvalue weighted by Gasteiger charge is -2.00. The van der Waals surface area contributed by atoms with E-state index in [-0.39, 0.29) is 0 Å². The first kappa shape index (κ1) is 8.18. The molecular formula is C5H4N3O4-. The normalized spacial score (nSPS) is 9.75. The second kappa shape index (κ2) is 2.61. The number of carbonyl (C=O) groups excluding carboxylic acids is 1. The van der Waals surface area contributed by atoms with Gasteiger partial charge in [-0.2, -0.15) is 0 Å². The summed E-state index contributed by atoms with van der Waals surface area (Å²) in [5.74, 6) is -2.31. The zero-order valence-electron chi connectivity index (χ0n) is 6.05. The van der Waals surface area contributed by atoms with E-state index in [2.05, 4.69) is 4.98 Å². The minimum absolute atomic E-state index is 0.528. The molecule has 0 N–H and O–H groups in total. The Morgan fingerprint density at radius 3 is 2.67 bits per heavy atom. The predicted molar refractivity (Wildman–Crippen MR) is 34.2 cm³/mol. The number of aryl methyl sites for hydroxylation is 1. The number of carbonyl (C=O) groups is 1. The van der Waals surface area contributed by atoms with E-state index in [0.717, 1.165) is 10.9 Å². The number of carboxylic acids is 1. The molecule has 0 fully saturated rings. The summed E-state index contributed by atoms with van der Waals surface area (Å²) < 4.78 is 1.02. The van der Waals surface area contributed by atoms with Crippen LogP contribution in [0.1, 0.15) is 10.5 Å². The molecule has 7 nitrogen and oxygen atoms in total. The maximum atomic E-state index is 10.3. The van der Waals surface area contributed by atoms with Crippen LogP contribution in [0.25, 0.3) is 0 Å². The minimum atomic E-state index is -1.61. The highest BCUT2D eigenvalue weighted by Crippen LogP contribution is 2.13. The maximum Gasteiger partial charge on any atom is 0.391 e. The van der Waals surface area contributed by atoms with Gasteiger partial charge < -0.3 is 24.6 Å². The summed E-state index contributed by atoms with van der Waals surface area (Å²) in [7, 11) is 1.34. The van der Waals surface area contributed by atoms with Gasteiger partial charge in [-0.1, -0.05) is 0 Å².